The third-order valence-electron chi connectivity index (χ3n) is 4.66. The van der Waals surface area contributed by atoms with Crippen LogP contribution in [-0.4, -0.2) is 39.4 Å². The molecule has 0 aliphatic carbocycles. The van der Waals surface area contributed by atoms with Gasteiger partial charge in [0.1, 0.15) is 5.75 Å². The van der Waals surface area contributed by atoms with Crippen LogP contribution in [0.25, 0.3) is 0 Å². The van der Waals surface area contributed by atoms with Crippen LogP contribution in [0.15, 0.2) is 47.6 Å². The molecule has 10 heteroatoms. The molecule has 0 fully saturated rings. The Bertz CT molecular complexity index is 1100. The number of carbonyl (C=O) groups excluding carboxylic acids is 2. The number of hydrogen-bond donors (Lipinski definition) is 2. The zero-order valence-electron chi connectivity index (χ0n) is 18.0. The van der Waals surface area contributed by atoms with Crippen LogP contribution in [0.4, 0.5) is 5.69 Å². The van der Waals surface area contributed by atoms with Crippen molar-refractivity contribution in [1.29, 1.82) is 0 Å². The van der Waals surface area contributed by atoms with Crippen molar-refractivity contribution in [2.45, 2.75) is 32.1 Å². The number of nitrogens with zero attached hydrogens (tertiary/aromatic N) is 3. The van der Waals surface area contributed by atoms with Gasteiger partial charge < -0.3 is 19.9 Å². The number of amides is 2. The molecule has 8 nitrogen and oxygen atoms in total. The van der Waals surface area contributed by atoms with Gasteiger partial charge in [0.2, 0.25) is 5.91 Å². The molecule has 32 heavy (non-hydrogen) atoms. The van der Waals surface area contributed by atoms with Crippen LogP contribution in [0.3, 0.4) is 0 Å². The lowest BCUT2D eigenvalue weighted by Crippen LogP contribution is -2.24. The number of aryl methyl sites for hydroxylation is 1. The molecule has 2 aromatic carbocycles. The van der Waals surface area contributed by atoms with Gasteiger partial charge in [0.25, 0.3) is 5.91 Å². The highest BCUT2D eigenvalue weighted by Crippen LogP contribution is 2.20. The molecule has 2 amide bonds. The third kappa shape index (κ3) is 6.22. The number of hydrogen-bond acceptors (Lipinski definition) is 6. The van der Waals surface area contributed by atoms with Gasteiger partial charge in [-0.25, -0.2) is 0 Å². The van der Waals surface area contributed by atoms with Gasteiger partial charge in [0, 0.05) is 21.4 Å². The van der Waals surface area contributed by atoms with E-state index >= 15 is 0 Å². The average Bonchev–Trinajstić information content (AvgIpc) is 3.19. The van der Waals surface area contributed by atoms with Crippen LogP contribution in [0, 0.1) is 10.5 Å². The number of halogens is 1. The van der Waals surface area contributed by atoms with Crippen LogP contribution >= 0.6 is 34.4 Å². The Kier molecular flexibility index (Phi) is 8.51. The first kappa shape index (κ1) is 24.1. The summed E-state index contributed by atoms with van der Waals surface area (Å²) in [6, 6.07) is 12.8. The maximum atomic E-state index is 12.4. The zero-order chi connectivity index (χ0) is 23.1. The number of benzene rings is 2. The molecule has 0 spiro atoms. The van der Waals surface area contributed by atoms with Crippen LogP contribution < -0.4 is 15.4 Å². The Labute approximate surface area is 204 Å². The van der Waals surface area contributed by atoms with Gasteiger partial charge >= 0.3 is 0 Å². The number of ether oxygens (including phenoxy) is 1. The number of carbonyl (C=O) groups is 2. The molecule has 0 atom stereocenters. The normalized spacial score (nSPS) is 10.6. The summed E-state index contributed by atoms with van der Waals surface area (Å²) in [5.74, 6) is 1.21. The van der Waals surface area contributed by atoms with E-state index in [9.17, 15) is 9.59 Å². The molecule has 3 aromatic rings. The van der Waals surface area contributed by atoms with E-state index in [1.807, 2.05) is 36.6 Å². The molecule has 2 N–H and O–H groups in total. The molecule has 0 unspecified atom stereocenters. The monoisotopic (exact) mass is 565 g/mol. The summed E-state index contributed by atoms with van der Waals surface area (Å²) in [6.07, 6.45) is 0. The van der Waals surface area contributed by atoms with Gasteiger partial charge in [0.05, 0.1) is 19.4 Å². The minimum absolute atomic E-state index is 0.112. The molecule has 0 saturated carbocycles. The molecule has 168 valence electrons. The first-order valence-electron chi connectivity index (χ1n) is 9.94. The van der Waals surface area contributed by atoms with Crippen molar-refractivity contribution in [1.82, 2.24) is 20.1 Å². The molecule has 0 aliphatic heterocycles. The second-order valence-corrected chi connectivity index (χ2v) is 9.04. The molecule has 3 rings (SSSR count). The van der Waals surface area contributed by atoms with Gasteiger partial charge in [-0.15, -0.1) is 10.2 Å². The second-order valence-electron chi connectivity index (χ2n) is 6.85. The number of aromatic nitrogens is 3. The minimum Gasteiger partial charge on any atom is -0.497 e. The maximum Gasteiger partial charge on any atom is 0.251 e. The summed E-state index contributed by atoms with van der Waals surface area (Å²) in [6.45, 7) is 4.80. The van der Waals surface area contributed by atoms with Crippen LogP contribution in [0.1, 0.15) is 28.7 Å². The number of anilines is 1. The van der Waals surface area contributed by atoms with E-state index in [0.29, 0.717) is 28.8 Å². The lowest BCUT2D eigenvalue weighted by Gasteiger charge is -2.10. The Morgan fingerprint density at radius 2 is 1.91 bits per heavy atom. The maximum absolute atomic E-state index is 12.4. The topological polar surface area (TPSA) is 98.1 Å². The van der Waals surface area contributed by atoms with E-state index < -0.39 is 0 Å². The molecule has 0 saturated heterocycles. The van der Waals surface area contributed by atoms with Crippen molar-refractivity contribution in [3.8, 4) is 5.75 Å². The summed E-state index contributed by atoms with van der Waals surface area (Å²) in [7, 11) is 1.58. The summed E-state index contributed by atoms with van der Waals surface area (Å²) in [5.41, 5.74) is 2.35. The molecule has 0 radical (unpaired) electrons. The fourth-order valence-electron chi connectivity index (χ4n) is 2.96. The highest BCUT2D eigenvalue weighted by molar-refractivity contribution is 14.1. The fourth-order valence-corrected chi connectivity index (χ4v) is 4.43. The van der Waals surface area contributed by atoms with E-state index in [0.717, 1.165) is 14.8 Å². The summed E-state index contributed by atoms with van der Waals surface area (Å²) >= 11 is 3.55. The van der Waals surface area contributed by atoms with Gasteiger partial charge in [-0.3, -0.25) is 9.59 Å². The number of thioether (sulfide) groups is 1. The lowest BCUT2D eigenvalue weighted by molar-refractivity contribution is -0.113. The second kappa shape index (κ2) is 11.3. The van der Waals surface area contributed by atoms with E-state index in [1.54, 1.807) is 31.4 Å². The largest absolute Gasteiger partial charge is 0.497 e. The van der Waals surface area contributed by atoms with Crippen molar-refractivity contribution in [2.75, 3.05) is 18.2 Å². The fraction of sp³-hybridized carbons (Fsp3) is 0.273. The first-order chi connectivity index (χ1) is 15.4. The predicted molar refractivity (Wildman–Crippen MR) is 133 cm³/mol. The van der Waals surface area contributed by atoms with E-state index in [4.69, 9.17) is 4.74 Å². The predicted octanol–water partition coefficient (Wildman–Crippen LogP) is 3.88. The van der Waals surface area contributed by atoms with Crippen molar-refractivity contribution in [3.05, 3.63) is 63.0 Å². The molecule has 1 heterocycles. The number of methoxy groups -OCH3 is 1. The Morgan fingerprint density at radius 1 is 1.16 bits per heavy atom. The first-order valence-corrected chi connectivity index (χ1v) is 12.0. The van der Waals surface area contributed by atoms with Crippen LogP contribution in [-0.2, 0) is 17.9 Å². The third-order valence-corrected chi connectivity index (χ3v) is 6.30. The molecule has 1 aromatic heterocycles. The van der Waals surface area contributed by atoms with Gasteiger partial charge in [-0.1, -0.05) is 11.8 Å². The standard InChI is InChI=1S/C22H24IN5O3S/c1-4-28-19(12-24-21(30)15-5-8-17(31-3)9-6-15)26-27-22(28)32-13-20(29)25-18-10-7-16(23)11-14(18)2/h5-11H,4,12-13H2,1-3H3,(H,24,30)(H,25,29). The highest BCUT2D eigenvalue weighted by Gasteiger charge is 2.15. The van der Waals surface area contributed by atoms with E-state index in [1.165, 1.54) is 11.8 Å². The SMILES string of the molecule is CCn1c(CNC(=O)c2ccc(OC)cc2)nnc1SCC(=O)Nc1ccc(I)cc1C. The van der Waals surface area contributed by atoms with Crippen molar-refractivity contribution in [3.63, 3.8) is 0 Å². The molecular formula is C22H24IN5O3S. The van der Waals surface area contributed by atoms with Crippen LogP contribution in [0.5, 0.6) is 5.75 Å². The smallest absolute Gasteiger partial charge is 0.251 e. The average molecular weight is 565 g/mol. The number of rotatable bonds is 9. The Hall–Kier alpha value is -2.60. The zero-order valence-corrected chi connectivity index (χ0v) is 21.0. The lowest BCUT2D eigenvalue weighted by atomic mass is 10.2. The van der Waals surface area contributed by atoms with Gasteiger partial charge in [-0.05, 0) is 84.5 Å². The summed E-state index contributed by atoms with van der Waals surface area (Å²) in [4.78, 5) is 24.8. The summed E-state index contributed by atoms with van der Waals surface area (Å²) in [5, 5.41) is 14.8. The van der Waals surface area contributed by atoms with Gasteiger partial charge in [-0.2, -0.15) is 0 Å². The van der Waals surface area contributed by atoms with Crippen LogP contribution in [0.2, 0.25) is 0 Å². The van der Waals surface area contributed by atoms with E-state index in [-0.39, 0.29) is 24.1 Å². The molecule has 0 bridgehead atoms. The van der Waals surface area contributed by atoms with E-state index in [2.05, 4.69) is 43.4 Å². The quantitative estimate of drug-likeness (QED) is 0.302. The van der Waals surface area contributed by atoms with Crippen molar-refractivity contribution >= 4 is 51.9 Å². The highest BCUT2D eigenvalue weighted by atomic mass is 127. The molecular weight excluding hydrogens is 541 g/mol. The Balaban J connectivity index is 1.56. The van der Waals surface area contributed by atoms with Gasteiger partial charge in [0.15, 0.2) is 11.0 Å². The summed E-state index contributed by atoms with van der Waals surface area (Å²) < 4.78 is 8.12. The van der Waals surface area contributed by atoms with Crippen molar-refractivity contribution < 1.29 is 14.3 Å². The Morgan fingerprint density at radius 3 is 2.56 bits per heavy atom. The number of nitrogens with one attached hydrogen (secondary N) is 2. The van der Waals surface area contributed by atoms with Crippen molar-refractivity contribution in [2.24, 2.45) is 0 Å². The minimum atomic E-state index is -0.209. The molecule has 0 aliphatic rings.